The van der Waals surface area contributed by atoms with E-state index in [1.165, 1.54) is 4.90 Å². The number of non-ortho nitro benzene ring substituents is 1. The fraction of sp³-hybridized carbons (Fsp3) is 0.259. The molecule has 0 radical (unpaired) electrons. The van der Waals surface area contributed by atoms with Crippen molar-refractivity contribution in [2.75, 3.05) is 24.5 Å². The molecule has 4 rings (SSSR count). The van der Waals surface area contributed by atoms with Gasteiger partial charge in [0.15, 0.2) is 5.69 Å². The summed E-state index contributed by atoms with van der Waals surface area (Å²) in [5.41, 5.74) is 1.63. The minimum Gasteiger partial charge on any atom is -0.372 e. The predicted octanol–water partition coefficient (Wildman–Crippen LogP) is 6.78. The minimum absolute atomic E-state index is 0.253. The van der Waals surface area contributed by atoms with Crippen molar-refractivity contribution in [1.29, 1.82) is 0 Å². The molecule has 40 heavy (non-hydrogen) atoms. The van der Waals surface area contributed by atoms with Crippen LogP contribution in [0.3, 0.4) is 0 Å². The summed E-state index contributed by atoms with van der Waals surface area (Å²) < 4.78 is 0. The Bertz CT molecular complexity index is 1510. The van der Waals surface area contributed by atoms with Gasteiger partial charge in [0.2, 0.25) is 0 Å². The van der Waals surface area contributed by atoms with Gasteiger partial charge >= 0.3 is 5.69 Å². The van der Waals surface area contributed by atoms with Crippen LogP contribution in [-0.4, -0.2) is 46.2 Å². The van der Waals surface area contributed by atoms with Gasteiger partial charge in [-0.05, 0) is 62.6 Å². The lowest BCUT2D eigenvalue weighted by Crippen LogP contribution is -2.31. The summed E-state index contributed by atoms with van der Waals surface area (Å²) in [6.07, 6.45) is 1.41. The Morgan fingerprint density at radius 2 is 1.60 bits per heavy atom. The third kappa shape index (κ3) is 5.81. The monoisotopic (exact) mass is 564 g/mol. The Balaban J connectivity index is 1.40. The Kier molecular flexibility index (Phi) is 8.49. The first kappa shape index (κ1) is 28.3. The van der Waals surface area contributed by atoms with E-state index in [-0.39, 0.29) is 22.5 Å². The molecule has 0 atom stereocenters. The van der Waals surface area contributed by atoms with E-state index in [2.05, 4.69) is 15.1 Å². The van der Waals surface area contributed by atoms with E-state index in [0.717, 1.165) is 36.3 Å². The number of imide groups is 1. The van der Waals surface area contributed by atoms with Crippen LogP contribution in [0.2, 0.25) is 5.02 Å². The lowest BCUT2D eigenvalue weighted by atomic mass is 10.1. The predicted molar refractivity (Wildman–Crippen MR) is 149 cm³/mol. The molecule has 0 fully saturated rings. The molecule has 12 nitrogen and oxygen atoms in total. The van der Waals surface area contributed by atoms with E-state index in [1.807, 2.05) is 26.0 Å². The van der Waals surface area contributed by atoms with Crippen molar-refractivity contribution < 1.29 is 19.4 Å². The minimum atomic E-state index is -0.795. The number of hydrogen-bond donors (Lipinski definition) is 0. The topological polar surface area (TPSA) is 152 Å². The number of azo groups is 1. The Morgan fingerprint density at radius 3 is 2.17 bits per heavy atom. The highest BCUT2D eigenvalue weighted by molar-refractivity contribution is 6.33. The molecule has 0 aromatic heterocycles. The summed E-state index contributed by atoms with van der Waals surface area (Å²) in [7, 11) is 0. The Labute approximate surface area is 234 Å². The molecule has 3 aromatic rings. The number of carbonyl (C=O) groups is 2. The van der Waals surface area contributed by atoms with Crippen molar-refractivity contribution in [3.63, 3.8) is 0 Å². The van der Waals surface area contributed by atoms with Gasteiger partial charge in [0.1, 0.15) is 0 Å². The molecule has 206 valence electrons. The van der Waals surface area contributed by atoms with Crippen molar-refractivity contribution in [1.82, 2.24) is 4.90 Å². The Morgan fingerprint density at radius 1 is 0.925 bits per heavy atom. The number of carbonyl (C=O) groups excluding carboxylic acids is 2. The largest absolute Gasteiger partial charge is 0.372 e. The molecule has 0 unspecified atom stereocenters. The van der Waals surface area contributed by atoms with Crippen LogP contribution in [0.5, 0.6) is 0 Å². The molecular formula is C27H25ClN6O6. The van der Waals surface area contributed by atoms with E-state index in [9.17, 15) is 29.8 Å². The van der Waals surface area contributed by atoms with E-state index in [4.69, 9.17) is 11.6 Å². The van der Waals surface area contributed by atoms with Gasteiger partial charge in [-0.3, -0.25) is 34.7 Å². The summed E-state index contributed by atoms with van der Waals surface area (Å²) in [6, 6.07) is 14.1. The second-order valence-electron chi connectivity index (χ2n) is 9.07. The summed E-state index contributed by atoms with van der Waals surface area (Å²) in [6.45, 7) is 5.60. The lowest BCUT2D eigenvalue weighted by Gasteiger charge is -2.24. The third-order valence-electron chi connectivity index (χ3n) is 6.56. The number of aryl methyl sites for hydroxylation is 1. The zero-order chi connectivity index (χ0) is 29.0. The van der Waals surface area contributed by atoms with Gasteiger partial charge in [0.05, 0.1) is 37.7 Å². The maximum absolute atomic E-state index is 12.5. The smallest absolute Gasteiger partial charge is 0.305 e. The van der Waals surface area contributed by atoms with Gasteiger partial charge < -0.3 is 4.90 Å². The highest BCUT2D eigenvalue weighted by Crippen LogP contribution is 2.40. The molecule has 0 N–H and O–H groups in total. The summed E-state index contributed by atoms with van der Waals surface area (Å²) in [5, 5.41) is 30.2. The van der Waals surface area contributed by atoms with Crippen LogP contribution in [0.15, 0.2) is 64.8 Å². The fourth-order valence-electron chi connectivity index (χ4n) is 4.45. The number of nitro benzene ring substituents is 2. The molecule has 0 saturated heterocycles. The summed E-state index contributed by atoms with van der Waals surface area (Å²) in [4.78, 5) is 49.4. The molecule has 0 aliphatic carbocycles. The van der Waals surface area contributed by atoms with Gasteiger partial charge in [-0.2, -0.15) is 0 Å². The number of fused-ring (bicyclic) bond motifs is 1. The maximum atomic E-state index is 12.5. The number of benzene rings is 3. The second-order valence-corrected chi connectivity index (χ2v) is 9.48. The zero-order valence-corrected chi connectivity index (χ0v) is 22.5. The van der Waals surface area contributed by atoms with Crippen molar-refractivity contribution >= 4 is 51.9 Å². The number of rotatable bonds is 11. The first-order valence-corrected chi connectivity index (χ1v) is 12.8. The van der Waals surface area contributed by atoms with E-state index in [1.54, 1.807) is 30.3 Å². The van der Waals surface area contributed by atoms with Crippen LogP contribution in [-0.2, 0) is 0 Å². The van der Waals surface area contributed by atoms with E-state index >= 15 is 0 Å². The van der Waals surface area contributed by atoms with Gasteiger partial charge in [0.25, 0.3) is 17.5 Å². The molecule has 1 heterocycles. The van der Waals surface area contributed by atoms with Crippen LogP contribution in [0.1, 0.15) is 46.0 Å². The van der Waals surface area contributed by atoms with Crippen LogP contribution < -0.4 is 4.90 Å². The number of amides is 2. The number of unbranched alkanes of at least 4 members (excludes halogenated alkanes) is 1. The lowest BCUT2D eigenvalue weighted by molar-refractivity contribution is -0.393. The van der Waals surface area contributed by atoms with Gasteiger partial charge in [0, 0.05) is 31.4 Å². The molecule has 0 spiro atoms. The molecule has 0 bridgehead atoms. The third-order valence-corrected chi connectivity index (χ3v) is 6.85. The van der Waals surface area contributed by atoms with Crippen molar-refractivity contribution in [2.24, 2.45) is 10.2 Å². The second kappa shape index (κ2) is 12.0. The number of nitro groups is 2. The number of halogens is 1. The van der Waals surface area contributed by atoms with E-state index in [0.29, 0.717) is 36.3 Å². The molecular weight excluding hydrogens is 540 g/mol. The average molecular weight is 565 g/mol. The molecule has 1 aliphatic heterocycles. The highest BCUT2D eigenvalue weighted by atomic mass is 35.5. The average Bonchev–Trinajstić information content (AvgIpc) is 3.17. The summed E-state index contributed by atoms with van der Waals surface area (Å²) in [5.74, 6) is -0.512. The van der Waals surface area contributed by atoms with Crippen LogP contribution in [0.25, 0.3) is 0 Å². The normalized spacial score (nSPS) is 12.7. The Hall–Kier alpha value is -4.71. The molecule has 0 saturated carbocycles. The van der Waals surface area contributed by atoms with Crippen LogP contribution in [0, 0.1) is 27.2 Å². The van der Waals surface area contributed by atoms with Crippen molar-refractivity contribution in [3.05, 3.63) is 96.5 Å². The van der Waals surface area contributed by atoms with Crippen LogP contribution >= 0.6 is 11.6 Å². The van der Waals surface area contributed by atoms with Crippen molar-refractivity contribution in [2.45, 2.75) is 26.7 Å². The molecule has 1 aliphatic rings. The first-order chi connectivity index (χ1) is 19.1. The standard InChI is InChI=1S/C27H25ClN6O6/c1-3-31(12-6-7-13-32-26(35)20-8-4-5-9-21(20)27(32)36)18-10-11-23(17(2)14-18)29-30-25-22(28)15-19(33(37)38)16-24(25)34(39)40/h4-5,8-11,14-16H,3,6-7,12-13H2,1-2H3. The van der Waals surface area contributed by atoms with Gasteiger partial charge in [-0.15, -0.1) is 10.2 Å². The van der Waals surface area contributed by atoms with Crippen LogP contribution in [0.4, 0.5) is 28.4 Å². The fourth-order valence-corrected chi connectivity index (χ4v) is 4.70. The quantitative estimate of drug-likeness (QED) is 0.0817. The highest BCUT2D eigenvalue weighted by Gasteiger charge is 2.34. The van der Waals surface area contributed by atoms with E-state index < -0.39 is 21.2 Å². The number of hydrogen-bond acceptors (Lipinski definition) is 9. The maximum Gasteiger partial charge on any atom is 0.305 e. The zero-order valence-electron chi connectivity index (χ0n) is 21.7. The molecule has 13 heteroatoms. The van der Waals surface area contributed by atoms with Crippen molar-refractivity contribution in [3.8, 4) is 0 Å². The number of nitrogens with zero attached hydrogens (tertiary/aromatic N) is 6. The number of anilines is 1. The van der Waals surface area contributed by atoms with Gasteiger partial charge in [-0.25, -0.2) is 0 Å². The molecule has 2 amide bonds. The summed E-state index contributed by atoms with van der Waals surface area (Å²) >= 11 is 6.05. The SMILES string of the molecule is CCN(CCCCN1C(=O)c2ccccc2C1=O)c1ccc(N=Nc2c(Cl)cc([N+](=O)[O-])cc2[N+](=O)[O-])c(C)c1. The first-order valence-electron chi connectivity index (χ1n) is 12.5. The van der Waals surface area contributed by atoms with Gasteiger partial charge in [-0.1, -0.05) is 23.7 Å². The molecule has 3 aromatic carbocycles.